The molecule has 5 nitrogen and oxygen atoms in total. The van der Waals surface area contributed by atoms with Crippen molar-refractivity contribution in [2.75, 3.05) is 6.54 Å². The molecular weight excluding hydrogens is 242 g/mol. The lowest BCUT2D eigenvalue weighted by Gasteiger charge is -2.05. The molecule has 1 N–H and O–H groups in total. The molecule has 0 aromatic carbocycles. The van der Waals surface area contributed by atoms with Crippen LogP contribution in [0, 0.1) is 5.92 Å². The zero-order chi connectivity index (χ0) is 13.2. The van der Waals surface area contributed by atoms with Crippen molar-refractivity contribution >= 4 is 23.2 Å². The van der Waals surface area contributed by atoms with Gasteiger partial charge in [-0.05, 0) is 30.9 Å². The summed E-state index contributed by atoms with van der Waals surface area (Å²) in [5.41, 5.74) is 1.24. The highest BCUT2D eigenvalue weighted by Crippen LogP contribution is 2.27. The van der Waals surface area contributed by atoms with E-state index in [1.807, 2.05) is 6.07 Å². The first-order chi connectivity index (χ1) is 9.28. The van der Waals surface area contributed by atoms with Crippen LogP contribution in [0.2, 0.25) is 0 Å². The molecule has 1 fully saturated rings. The summed E-state index contributed by atoms with van der Waals surface area (Å²) in [5, 5.41) is 3.69. The van der Waals surface area contributed by atoms with Crippen molar-refractivity contribution in [1.82, 2.24) is 14.9 Å². The van der Waals surface area contributed by atoms with Gasteiger partial charge in [-0.2, -0.15) is 0 Å². The molecular formula is C14H15N3O2. The van der Waals surface area contributed by atoms with E-state index in [4.69, 9.17) is 0 Å². The quantitative estimate of drug-likeness (QED) is 0.823. The number of rotatable bonds is 5. The predicted molar refractivity (Wildman–Crippen MR) is 70.9 cm³/mol. The van der Waals surface area contributed by atoms with E-state index in [1.54, 1.807) is 23.0 Å². The molecule has 1 amide bonds. The van der Waals surface area contributed by atoms with Crippen molar-refractivity contribution in [1.29, 1.82) is 0 Å². The molecule has 0 spiro atoms. The second-order valence-corrected chi connectivity index (χ2v) is 4.95. The first-order valence-corrected chi connectivity index (χ1v) is 6.43. The van der Waals surface area contributed by atoms with Crippen molar-refractivity contribution in [3.05, 3.63) is 30.1 Å². The number of nitrogens with one attached hydrogen (secondary N) is 1. The Labute approximate surface area is 110 Å². The summed E-state index contributed by atoms with van der Waals surface area (Å²) in [7, 11) is 0. The molecule has 5 heteroatoms. The van der Waals surface area contributed by atoms with Gasteiger partial charge in [0.15, 0.2) is 6.29 Å². The summed E-state index contributed by atoms with van der Waals surface area (Å²) in [5.74, 6) is 0.626. The van der Waals surface area contributed by atoms with Crippen LogP contribution in [0.5, 0.6) is 0 Å². The minimum atomic E-state index is -0.0353. The molecule has 2 aromatic rings. The number of carbonyl (C=O) groups is 2. The molecule has 0 unspecified atom stereocenters. The number of fused-ring (bicyclic) bond motifs is 1. The third-order valence-corrected chi connectivity index (χ3v) is 3.39. The Morgan fingerprint density at radius 3 is 3.11 bits per heavy atom. The van der Waals surface area contributed by atoms with Crippen LogP contribution in [0.3, 0.4) is 0 Å². The Morgan fingerprint density at radius 2 is 2.37 bits per heavy atom. The van der Waals surface area contributed by atoms with Gasteiger partial charge in [-0.3, -0.25) is 9.59 Å². The molecule has 2 heterocycles. The van der Waals surface area contributed by atoms with Crippen LogP contribution in [0.25, 0.3) is 11.0 Å². The Hall–Kier alpha value is -2.17. The highest BCUT2D eigenvalue weighted by molar-refractivity contribution is 5.96. The average Bonchev–Trinajstić information content (AvgIpc) is 3.20. The summed E-state index contributed by atoms with van der Waals surface area (Å²) >= 11 is 0. The average molecular weight is 257 g/mol. The predicted octanol–water partition coefficient (Wildman–Crippen LogP) is 1.37. The lowest BCUT2D eigenvalue weighted by Crippen LogP contribution is -2.29. The molecule has 1 saturated carbocycles. The standard InChI is InChI=1S/C14H15N3O2/c18-9-11-7-17(14-12(11)2-1-5-15-14)8-13(19)16-6-10-3-4-10/h1-2,5,7,9-10H,3-4,6,8H2,(H,16,19). The van der Waals surface area contributed by atoms with Crippen molar-refractivity contribution in [3.63, 3.8) is 0 Å². The van der Waals surface area contributed by atoms with Gasteiger partial charge >= 0.3 is 0 Å². The monoisotopic (exact) mass is 257 g/mol. The number of pyridine rings is 1. The Kier molecular flexibility index (Phi) is 3.03. The highest BCUT2D eigenvalue weighted by Gasteiger charge is 2.21. The smallest absolute Gasteiger partial charge is 0.240 e. The minimum Gasteiger partial charge on any atom is -0.354 e. The van der Waals surface area contributed by atoms with Gasteiger partial charge in [0.2, 0.25) is 5.91 Å². The number of aromatic nitrogens is 2. The molecule has 98 valence electrons. The summed E-state index contributed by atoms with van der Waals surface area (Å²) in [6.45, 7) is 0.958. The number of nitrogens with zero attached hydrogens (tertiary/aromatic N) is 2. The molecule has 1 aliphatic carbocycles. The normalized spacial score (nSPS) is 14.5. The topological polar surface area (TPSA) is 64.0 Å². The zero-order valence-electron chi connectivity index (χ0n) is 10.5. The van der Waals surface area contributed by atoms with Gasteiger partial charge in [0.05, 0.1) is 0 Å². The van der Waals surface area contributed by atoms with Gasteiger partial charge in [-0.1, -0.05) is 0 Å². The van der Waals surface area contributed by atoms with Gasteiger partial charge in [0.1, 0.15) is 12.2 Å². The van der Waals surface area contributed by atoms with E-state index in [0.717, 1.165) is 18.2 Å². The van der Waals surface area contributed by atoms with Crippen LogP contribution >= 0.6 is 0 Å². The number of hydrogen-bond donors (Lipinski definition) is 1. The van der Waals surface area contributed by atoms with Crippen LogP contribution in [0.4, 0.5) is 0 Å². The number of amides is 1. The van der Waals surface area contributed by atoms with E-state index >= 15 is 0 Å². The number of carbonyl (C=O) groups excluding carboxylic acids is 2. The largest absolute Gasteiger partial charge is 0.354 e. The molecule has 2 aromatic heterocycles. The van der Waals surface area contributed by atoms with Crippen LogP contribution in [-0.4, -0.2) is 28.3 Å². The zero-order valence-corrected chi connectivity index (χ0v) is 10.5. The van der Waals surface area contributed by atoms with Crippen LogP contribution in [0.1, 0.15) is 23.2 Å². The molecule has 0 atom stereocenters. The van der Waals surface area contributed by atoms with Crippen molar-refractivity contribution in [2.45, 2.75) is 19.4 Å². The fourth-order valence-electron chi connectivity index (χ4n) is 2.15. The first-order valence-electron chi connectivity index (χ1n) is 6.43. The summed E-state index contributed by atoms with van der Waals surface area (Å²) in [6.07, 6.45) is 6.56. The Morgan fingerprint density at radius 1 is 1.53 bits per heavy atom. The van der Waals surface area contributed by atoms with Crippen LogP contribution in [-0.2, 0) is 11.3 Å². The van der Waals surface area contributed by atoms with Crippen LogP contribution in [0.15, 0.2) is 24.5 Å². The SMILES string of the molecule is O=Cc1cn(CC(=O)NCC2CC2)c2ncccc12. The second kappa shape index (κ2) is 4.84. The first kappa shape index (κ1) is 11.9. The second-order valence-electron chi connectivity index (χ2n) is 4.95. The van der Waals surface area contributed by atoms with Crippen molar-refractivity contribution in [3.8, 4) is 0 Å². The number of aldehydes is 1. The minimum absolute atomic E-state index is 0.0353. The van der Waals surface area contributed by atoms with Gasteiger partial charge in [0, 0.05) is 29.9 Å². The Balaban J connectivity index is 1.79. The third-order valence-electron chi connectivity index (χ3n) is 3.39. The maximum Gasteiger partial charge on any atom is 0.240 e. The fourth-order valence-corrected chi connectivity index (χ4v) is 2.15. The molecule has 1 aliphatic rings. The lowest BCUT2D eigenvalue weighted by molar-refractivity contribution is -0.121. The van der Waals surface area contributed by atoms with E-state index in [2.05, 4.69) is 10.3 Å². The maximum absolute atomic E-state index is 11.8. The maximum atomic E-state index is 11.8. The molecule has 0 radical (unpaired) electrons. The van der Waals surface area contributed by atoms with E-state index in [9.17, 15) is 9.59 Å². The summed E-state index contributed by atoms with van der Waals surface area (Å²) in [6, 6.07) is 3.62. The molecule has 0 bridgehead atoms. The summed E-state index contributed by atoms with van der Waals surface area (Å²) < 4.78 is 1.72. The van der Waals surface area contributed by atoms with E-state index in [-0.39, 0.29) is 12.5 Å². The molecule has 0 aliphatic heterocycles. The van der Waals surface area contributed by atoms with Crippen LogP contribution < -0.4 is 5.32 Å². The molecule has 0 saturated heterocycles. The van der Waals surface area contributed by atoms with E-state index in [1.165, 1.54) is 12.8 Å². The van der Waals surface area contributed by atoms with Gasteiger partial charge in [-0.15, -0.1) is 0 Å². The van der Waals surface area contributed by atoms with Gasteiger partial charge in [0.25, 0.3) is 0 Å². The Bertz CT molecular complexity index is 629. The van der Waals surface area contributed by atoms with Gasteiger partial charge < -0.3 is 9.88 Å². The van der Waals surface area contributed by atoms with Crippen molar-refractivity contribution in [2.24, 2.45) is 5.92 Å². The summed E-state index contributed by atoms with van der Waals surface area (Å²) in [4.78, 5) is 27.1. The third kappa shape index (κ3) is 2.50. The molecule has 19 heavy (non-hydrogen) atoms. The lowest BCUT2D eigenvalue weighted by atomic mass is 10.2. The van der Waals surface area contributed by atoms with Gasteiger partial charge in [-0.25, -0.2) is 4.98 Å². The highest BCUT2D eigenvalue weighted by atomic mass is 16.2. The number of hydrogen-bond acceptors (Lipinski definition) is 3. The fraction of sp³-hybridized carbons (Fsp3) is 0.357. The molecule has 3 rings (SSSR count). The van der Waals surface area contributed by atoms with E-state index in [0.29, 0.717) is 17.1 Å². The van der Waals surface area contributed by atoms with Crippen molar-refractivity contribution < 1.29 is 9.59 Å². The van der Waals surface area contributed by atoms with E-state index < -0.39 is 0 Å².